The lowest BCUT2D eigenvalue weighted by atomic mass is 10.2. The van der Waals surface area contributed by atoms with E-state index >= 15 is 0 Å². The number of amides is 1. The number of benzene rings is 1. The number of ether oxygens (including phenoxy) is 1. The summed E-state index contributed by atoms with van der Waals surface area (Å²) in [7, 11) is 0. The topological polar surface area (TPSA) is 38.3 Å². The molecule has 1 aliphatic heterocycles. The van der Waals surface area contributed by atoms with Gasteiger partial charge >= 0.3 is 0 Å². The SMILES string of the molecule is O=C(NC1CCOC1)c1cc(Cl)cc(Br)c1. The average Bonchev–Trinajstić information content (AvgIpc) is 2.68. The Labute approximate surface area is 107 Å². The quantitative estimate of drug-likeness (QED) is 0.912. The highest BCUT2D eigenvalue weighted by molar-refractivity contribution is 9.10. The summed E-state index contributed by atoms with van der Waals surface area (Å²) in [6.07, 6.45) is 0.869. The van der Waals surface area contributed by atoms with Gasteiger partial charge in [-0.2, -0.15) is 0 Å². The lowest BCUT2D eigenvalue weighted by Gasteiger charge is -2.10. The molecule has 1 fully saturated rings. The second-order valence-corrected chi connectivity index (χ2v) is 5.04. The van der Waals surface area contributed by atoms with E-state index in [9.17, 15) is 4.79 Å². The van der Waals surface area contributed by atoms with E-state index in [2.05, 4.69) is 21.2 Å². The maximum absolute atomic E-state index is 11.9. The molecule has 1 amide bonds. The van der Waals surface area contributed by atoms with Crippen molar-refractivity contribution in [3.63, 3.8) is 0 Å². The van der Waals surface area contributed by atoms with Crippen LogP contribution >= 0.6 is 27.5 Å². The molecule has 2 rings (SSSR count). The van der Waals surface area contributed by atoms with Crippen molar-refractivity contribution in [1.82, 2.24) is 5.32 Å². The fourth-order valence-corrected chi connectivity index (χ4v) is 2.46. The first-order chi connectivity index (χ1) is 7.65. The lowest BCUT2D eigenvalue weighted by Crippen LogP contribution is -2.34. The third-order valence-corrected chi connectivity index (χ3v) is 3.07. The molecule has 1 aromatic carbocycles. The summed E-state index contributed by atoms with van der Waals surface area (Å²) in [6.45, 7) is 1.30. The molecule has 1 unspecified atom stereocenters. The average molecular weight is 305 g/mol. The minimum atomic E-state index is -0.112. The number of carbonyl (C=O) groups is 1. The van der Waals surface area contributed by atoms with Crippen LogP contribution in [0.15, 0.2) is 22.7 Å². The highest BCUT2D eigenvalue weighted by Gasteiger charge is 2.18. The van der Waals surface area contributed by atoms with Crippen LogP contribution in [0.1, 0.15) is 16.8 Å². The van der Waals surface area contributed by atoms with Crippen molar-refractivity contribution in [1.29, 1.82) is 0 Å². The molecule has 1 saturated heterocycles. The highest BCUT2D eigenvalue weighted by atomic mass is 79.9. The Kier molecular flexibility index (Phi) is 3.84. The Morgan fingerprint density at radius 1 is 1.50 bits per heavy atom. The Hall–Kier alpha value is -0.580. The van der Waals surface area contributed by atoms with Crippen LogP contribution in [-0.2, 0) is 4.74 Å². The Morgan fingerprint density at radius 3 is 2.94 bits per heavy atom. The Bertz CT molecular complexity index is 385. The summed E-state index contributed by atoms with van der Waals surface area (Å²) in [6, 6.07) is 5.26. The molecule has 86 valence electrons. The monoisotopic (exact) mass is 303 g/mol. The van der Waals surface area contributed by atoms with Crippen LogP contribution in [0.4, 0.5) is 0 Å². The van der Waals surface area contributed by atoms with Gasteiger partial charge in [-0.1, -0.05) is 27.5 Å². The zero-order valence-electron chi connectivity index (χ0n) is 8.50. The summed E-state index contributed by atoms with van der Waals surface area (Å²) in [5.41, 5.74) is 0.561. The Morgan fingerprint density at radius 2 is 2.31 bits per heavy atom. The predicted octanol–water partition coefficient (Wildman–Crippen LogP) is 2.62. The fourth-order valence-electron chi connectivity index (χ4n) is 1.60. The number of rotatable bonds is 2. The van der Waals surface area contributed by atoms with E-state index in [-0.39, 0.29) is 11.9 Å². The van der Waals surface area contributed by atoms with Crippen molar-refractivity contribution < 1.29 is 9.53 Å². The van der Waals surface area contributed by atoms with E-state index in [0.717, 1.165) is 10.9 Å². The van der Waals surface area contributed by atoms with Crippen LogP contribution in [0.3, 0.4) is 0 Å². The minimum Gasteiger partial charge on any atom is -0.379 e. The van der Waals surface area contributed by atoms with Gasteiger partial charge in [0.25, 0.3) is 5.91 Å². The molecule has 1 aromatic rings. The number of carbonyl (C=O) groups excluding carboxylic acids is 1. The minimum absolute atomic E-state index is 0.112. The molecule has 16 heavy (non-hydrogen) atoms. The molecule has 3 nitrogen and oxygen atoms in total. The third-order valence-electron chi connectivity index (χ3n) is 2.39. The fraction of sp³-hybridized carbons (Fsp3) is 0.364. The van der Waals surface area contributed by atoms with Crippen molar-refractivity contribution in [3.05, 3.63) is 33.3 Å². The van der Waals surface area contributed by atoms with Crippen molar-refractivity contribution in [2.75, 3.05) is 13.2 Å². The van der Waals surface area contributed by atoms with Crippen molar-refractivity contribution in [3.8, 4) is 0 Å². The van der Waals surface area contributed by atoms with Crippen LogP contribution in [0.5, 0.6) is 0 Å². The van der Waals surface area contributed by atoms with Crippen molar-refractivity contribution >= 4 is 33.4 Å². The number of halogens is 2. The van der Waals surface area contributed by atoms with E-state index in [0.29, 0.717) is 23.8 Å². The largest absolute Gasteiger partial charge is 0.379 e. The predicted molar refractivity (Wildman–Crippen MR) is 65.8 cm³/mol. The first kappa shape index (κ1) is 11.9. The van der Waals surface area contributed by atoms with E-state index in [1.807, 2.05) is 0 Å². The summed E-state index contributed by atoms with van der Waals surface area (Å²) in [5, 5.41) is 3.45. The number of hydrogen-bond acceptors (Lipinski definition) is 2. The molecular formula is C11H11BrClNO2. The first-order valence-corrected chi connectivity index (χ1v) is 6.17. The van der Waals surface area contributed by atoms with Gasteiger partial charge in [-0.05, 0) is 24.6 Å². The van der Waals surface area contributed by atoms with Gasteiger partial charge in [-0.15, -0.1) is 0 Å². The van der Waals surface area contributed by atoms with E-state index in [1.54, 1.807) is 18.2 Å². The molecule has 0 radical (unpaired) electrons. The van der Waals surface area contributed by atoms with Gasteiger partial charge < -0.3 is 10.1 Å². The second-order valence-electron chi connectivity index (χ2n) is 3.69. The molecule has 0 saturated carbocycles. The summed E-state index contributed by atoms with van der Waals surface area (Å²) >= 11 is 9.18. The van der Waals surface area contributed by atoms with E-state index in [1.165, 1.54) is 0 Å². The van der Waals surface area contributed by atoms with Crippen molar-refractivity contribution in [2.45, 2.75) is 12.5 Å². The van der Waals surface area contributed by atoms with Crippen LogP contribution in [0.25, 0.3) is 0 Å². The zero-order chi connectivity index (χ0) is 11.5. The van der Waals surface area contributed by atoms with Crippen LogP contribution in [0.2, 0.25) is 5.02 Å². The molecule has 0 bridgehead atoms. The van der Waals surface area contributed by atoms with E-state index < -0.39 is 0 Å². The first-order valence-electron chi connectivity index (χ1n) is 5.00. The van der Waals surface area contributed by atoms with Gasteiger partial charge in [-0.25, -0.2) is 0 Å². The van der Waals surface area contributed by atoms with Gasteiger partial charge in [0.2, 0.25) is 0 Å². The molecule has 0 aromatic heterocycles. The molecule has 0 spiro atoms. The van der Waals surface area contributed by atoms with Gasteiger partial charge in [0.15, 0.2) is 0 Å². The van der Waals surface area contributed by atoms with Gasteiger partial charge in [0.1, 0.15) is 0 Å². The molecule has 5 heteroatoms. The van der Waals surface area contributed by atoms with Crippen LogP contribution < -0.4 is 5.32 Å². The Balaban J connectivity index is 2.07. The van der Waals surface area contributed by atoms with Crippen LogP contribution in [-0.4, -0.2) is 25.2 Å². The molecule has 0 aliphatic carbocycles. The number of nitrogens with one attached hydrogen (secondary N) is 1. The lowest BCUT2D eigenvalue weighted by molar-refractivity contribution is 0.0930. The van der Waals surface area contributed by atoms with Gasteiger partial charge in [0, 0.05) is 21.7 Å². The molecule has 1 heterocycles. The molecule has 1 aliphatic rings. The standard InChI is InChI=1S/C11H11BrClNO2/c12-8-3-7(4-9(13)5-8)11(15)14-10-1-2-16-6-10/h3-5,10H,1-2,6H2,(H,14,15). The zero-order valence-corrected chi connectivity index (χ0v) is 10.8. The second kappa shape index (κ2) is 5.17. The van der Waals surface area contributed by atoms with Crippen LogP contribution in [0, 0.1) is 0 Å². The maximum atomic E-state index is 11.9. The smallest absolute Gasteiger partial charge is 0.251 e. The van der Waals surface area contributed by atoms with E-state index in [4.69, 9.17) is 16.3 Å². The highest BCUT2D eigenvalue weighted by Crippen LogP contribution is 2.19. The summed E-state index contributed by atoms with van der Waals surface area (Å²) in [4.78, 5) is 11.9. The molecule has 1 atom stereocenters. The third kappa shape index (κ3) is 2.97. The normalized spacial score (nSPS) is 19.8. The number of hydrogen-bond donors (Lipinski definition) is 1. The van der Waals surface area contributed by atoms with Gasteiger partial charge in [0.05, 0.1) is 12.6 Å². The van der Waals surface area contributed by atoms with Gasteiger partial charge in [-0.3, -0.25) is 4.79 Å². The maximum Gasteiger partial charge on any atom is 0.251 e. The molecular weight excluding hydrogens is 293 g/mol. The van der Waals surface area contributed by atoms with Crippen molar-refractivity contribution in [2.24, 2.45) is 0 Å². The summed E-state index contributed by atoms with van der Waals surface area (Å²) < 4.78 is 5.99. The summed E-state index contributed by atoms with van der Waals surface area (Å²) in [5.74, 6) is -0.112. The molecule has 1 N–H and O–H groups in total.